The van der Waals surface area contributed by atoms with Crippen molar-refractivity contribution >= 4 is 34.1 Å². The average molecular weight is 297 g/mol. The standard InChI is InChI=1S/C10H15N7S2/c1-5-6(7(11)12)8(17(4)15-5)18-10-14-13-9(19-10)16(2)3/h1-4H3,(H3,11,12). The van der Waals surface area contributed by atoms with Crippen LogP contribution in [-0.2, 0) is 7.05 Å². The first kappa shape index (κ1) is 13.8. The van der Waals surface area contributed by atoms with Crippen molar-refractivity contribution in [1.29, 1.82) is 5.41 Å². The molecule has 9 heteroatoms. The maximum atomic E-state index is 7.64. The summed E-state index contributed by atoms with van der Waals surface area (Å²) in [4.78, 5) is 1.90. The lowest BCUT2D eigenvalue weighted by Gasteiger charge is -2.04. The lowest BCUT2D eigenvalue weighted by molar-refractivity contribution is 0.691. The van der Waals surface area contributed by atoms with Gasteiger partial charge >= 0.3 is 0 Å². The van der Waals surface area contributed by atoms with Gasteiger partial charge in [-0.2, -0.15) is 5.10 Å². The summed E-state index contributed by atoms with van der Waals surface area (Å²) in [6.45, 7) is 1.84. The molecule has 0 aliphatic heterocycles. The second-order valence-electron chi connectivity index (χ2n) is 4.15. The molecule has 2 rings (SSSR count). The minimum Gasteiger partial charge on any atom is -0.384 e. The number of nitrogens with two attached hydrogens (primary N) is 1. The third-order valence-corrected chi connectivity index (χ3v) is 4.70. The predicted molar refractivity (Wildman–Crippen MR) is 77.3 cm³/mol. The molecule has 102 valence electrons. The Kier molecular flexibility index (Phi) is 3.76. The van der Waals surface area contributed by atoms with E-state index in [-0.39, 0.29) is 5.84 Å². The third kappa shape index (κ3) is 2.71. The van der Waals surface area contributed by atoms with Crippen LogP contribution in [0.2, 0.25) is 0 Å². The molecule has 0 unspecified atom stereocenters. The van der Waals surface area contributed by atoms with Gasteiger partial charge in [-0.25, -0.2) is 0 Å². The van der Waals surface area contributed by atoms with E-state index < -0.39 is 0 Å². The van der Waals surface area contributed by atoms with Crippen molar-refractivity contribution in [1.82, 2.24) is 20.0 Å². The largest absolute Gasteiger partial charge is 0.384 e. The number of nitrogens with zero attached hydrogens (tertiary/aromatic N) is 5. The molecule has 2 aromatic rings. The number of hydrogen-bond acceptors (Lipinski definition) is 7. The van der Waals surface area contributed by atoms with Crippen LogP contribution in [0, 0.1) is 12.3 Å². The highest BCUT2D eigenvalue weighted by atomic mass is 32.2. The zero-order valence-corrected chi connectivity index (χ0v) is 12.8. The minimum atomic E-state index is 0.0189. The monoisotopic (exact) mass is 297 g/mol. The molecule has 2 heterocycles. The minimum absolute atomic E-state index is 0.0189. The van der Waals surface area contributed by atoms with Gasteiger partial charge in [0.05, 0.1) is 11.3 Å². The van der Waals surface area contributed by atoms with Crippen molar-refractivity contribution in [2.75, 3.05) is 19.0 Å². The van der Waals surface area contributed by atoms with Crippen LogP contribution in [0.1, 0.15) is 11.3 Å². The number of rotatable bonds is 4. The fraction of sp³-hybridized carbons (Fsp3) is 0.400. The van der Waals surface area contributed by atoms with Gasteiger partial charge in [-0.05, 0) is 18.7 Å². The third-order valence-electron chi connectivity index (χ3n) is 2.40. The van der Waals surface area contributed by atoms with E-state index in [1.807, 2.05) is 33.0 Å². The van der Waals surface area contributed by atoms with Crippen molar-refractivity contribution in [3.05, 3.63) is 11.3 Å². The summed E-state index contributed by atoms with van der Waals surface area (Å²) < 4.78 is 2.52. The van der Waals surface area contributed by atoms with Crippen LogP contribution in [0.15, 0.2) is 9.37 Å². The molecule has 0 aliphatic rings. The van der Waals surface area contributed by atoms with Crippen molar-refractivity contribution in [2.24, 2.45) is 12.8 Å². The molecule has 7 nitrogen and oxygen atoms in total. The average Bonchev–Trinajstić information content (AvgIpc) is 2.85. The van der Waals surface area contributed by atoms with E-state index in [2.05, 4.69) is 15.3 Å². The Morgan fingerprint density at radius 1 is 1.42 bits per heavy atom. The van der Waals surface area contributed by atoms with Crippen LogP contribution < -0.4 is 10.6 Å². The van der Waals surface area contributed by atoms with E-state index in [4.69, 9.17) is 11.1 Å². The zero-order valence-electron chi connectivity index (χ0n) is 11.1. The Balaban J connectivity index is 2.35. The molecule has 19 heavy (non-hydrogen) atoms. The van der Waals surface area contributed by atoms with E-state index in [0.717, 1.165) is 20.2 Å². The topological polar surface area (TPSA) is 96.7 Å². The molecule has 0 radical (unpaired) electrons. The summed E-state index contributed by atoms with van der Waals surface area (Å²) in [7, 11) is 5.67. The Bertz CT molecular complexity index is 613. The van der Waals surface area contributed by atoms with E-state index >= 15 is 0 Å². The van der Waals surface area contributed by atoms with Gasteiger partial charge in [0.15, 0.2) is 4.34 Å². The first-order valence-electron chi connectivity index (χ1n) is 5.46. The lowest BCUT2D eigenvalue weighted by Crippen LogP contribution is -2.13. The van der Waals surface area contributed by atoms with E-state index in [9.17, 15) is 0 Å². The highest BCUT2D eigenvalue weighted by Gasteiger charge is 2.19. The smallest absolute Gasteiger partial charge is 0.208 e. The first-order chi connectivity index (χ1) is 8.90. The molecular weight excluding hydrogens is 282 g/mol. The summed E-state index contributed by atoms with van der Waals surface area (Å²) in [5.74, 6) is 0.0189. The predicted octanol–water partition coefficient (Wildman–Crippen LogP) is 1.08. The van der Waals surface area contributed by atoms with Crippen LogP contribution in [0.5, 0.6) is 0 Å². The van der Waals surface area contributed by atoms with Gasteiger partial charge in [0, 0.05) is 21.1 Å². The number of nitrogens with one attached hydrogen (secondary N) is 1. The normalized spacial score (nSPS) is 10.7. The maximum absolute atomic E-state index is 7.64. The molecule has 0 atom stereocenters. The Labute approximate surface area is 119 Å². The van der Waals surface area contributed by atoms with Crippen molar-refractivity contribution in [3.63, 3.8) is 0 Å². The zero-order chi connectivity index (χ0) is 14.2. The van der Waals surface area contributed by atoms with Gasteiger partial charge in [-0.1, -0.05) is 11.3 Å². The maximum Gasteiger partial charge on any atom is 0.208 e. The number of aryl methyl sites for hydroxylation is 2. The van der Waals surface area contributed by atoms with Gasteiger partial charge in [-0.15, -0.1) is 10.2 Å². The van der Waals surface area contributed by atoms with E-state index in [1.54, 1.807) is 4.68 Å². The highest BCUT2D eigenvalue weighted by Crippen LogP contribution is 2.35. The molecular formula is C10H15N7S2. The SMILES string of the molecule is Cc1nn(C)c(Sc2nnc(N(C)C)s2)c1C(=N)N. The van der Waals surface area contributed by atoms with Crippen LogP contribution in [0.25, 0.3) is 0 Å². The number of anilines is 1. The molecule has 0 spiro atoms. The Hall–Kier alpha value is -1.61. The van der Waals surface area contributed by atoms with Crippen LogP contribution >= 0.6 is 23.1 Å². The second kappa shape index (κ2) is 5.17. The number of aromatic nitrogens is 4. The van der Waals surface area contributed by atoms with Gasteiger partial charge in [-0.3, -0.25) is 10.1 Å². The number of nitrogen functional groups attached to an aromatic ring is 1. The fourth-order valence-electron chi connectivity index (χ4n) is 1.57. The molecule has 0 saturated carbocycles. The quantitative estimate of drug-likeness (QED) is 0.647. The molecule has 0 fully saturated rings. The van der Waals surface area contributed by atoms with Crippen LogP contribution in [-0.4, -0.2) is 39.9 Å². The van der Waals surface area contributed by atoms with Gasteiger partial charge in [0.1, 0.15) is 10.9 Å². The van der Waals surface area contributed by atoms with Gasteiger partial charge < -0.3 is 10.6 Å². The fourth-order valence-corrected chi connectivity index (χ4v) is 3.48. The van der Waals surface area contributed by atoms with E-state index in [1.165, 1.54) is 23.1 Å². The Morgan fingerprint density at radius 2 is 2.11 bits per heavy atom. The first-order valence-corrected chi connectivity index (χ1v) is 7.10. The van der Waals surface area contributed by atoms with Crippen molar-refractivity contribution < 1.29 is 0 Å². The summed E-state index contributed by atoms with van der Waals surface area (Å²) in [5, 5.41) is 21.8. The van der Waals surface area contributed by atoms with Gasteiger partial charge in [0.2, 0.25) is 5.13 Å². The molecule has 2 aromatic heterocycles. The molecule has 0 amide bonds. The molecule has 3 N–H and O–H groups in total. The number of hydrogen-bond donors (Lipinski definition) is 2. The molecule has 0 aliphatic carbocycles. The summed E-state index contributed by atoms with van der Waals surface area (Å²) in [5.41, 5.74) is 7.02. The molecule has 0 saturated heterocycles. The van der Waals surface area contributed by atoms with Gasteiger partial charge in [0.25, 0.3) is 0 Å². The van der Waals surface area contributed by atoms with Crippen LogP contribution in [0.3, 0.4) is 0 Å². The number of amidine groups is 1. The summed E-state index contributed by atoms with van der Waals surface area (Å²) in [6.07, 6.45) is 0. The summed E-state index contributed by atoms with van der Waals surface area (Å²) >= 11 is 2.91. The lowest BCUT2D eigenvalue weighted by atomic mass is 10.2. The second-order valence-corrected chi connectivity index (χ2v) is 6.34. The summed E-state index contributed by atoms with van der Waals surface area (Å²) in [6, 6.07) is 0. The Morgan fingerprint density at radius 3 is 2.63 bits per heavy atom. The van der Waals surface area contributed by atoms with E-state index in [0.29, 0.717) is 5.56 Å². The molecule has 0 aromatic carbocycles. The van der Waals surface area contributed by atoms with Crippen LogP contribution in [0.4, 0.5) is 5.13 Å². The van der Waals surface area contributed by atoms with Crippen molar-refractivity contribution in [2.45, 2.75) is 16.3 Å². The highest BCUT2D eigenvalue weighted by molar-refractivity contribution is 8.01. The van der Waals surface area contributed by atoms with Crippen molar-refractivity contribution in [3.8, 4) is 0 Å². The molecule has 0 bridgehead atoms.